The van der Waals surface area contributed by atoms with Gasteiger partial charge in [-0.3, -0.25) is 0 Å². The van der Waals surface area contributed by atoms with Crippen molar-refractivity contribution in [2.75, 3.05) is 0 Å². The van der Waals surface area contributed by atoms with Crippen LogP contribution < -0.4 is 0 Å². The molecule has 92 valence electrons. The van der Waals surface area contributed by atoms with Crippen LogP contribution in [0.25, 0.3) is 11.0 Å². The summed E-state index contributed by atoms with van der Waals surface area (Å²) in [5.41, 5.74) is 1.38. The maximum absolute atomic E-state index is 13.2. The highest BCUT2D eigenvalue weighted by molar-refractivity contribution is 7.10. The van der Waals surface area contributed by atoms with Gasteiger partial charge in [-0.2, -0.15) is 0 Å². The number of halogens is 1. The number of hydrogen-bond donors (Lipinski definition) is 1. The molecule has 4 heteroatoms. The Kier molecular flexibility index (Phi) is 2.69. The molecular formula is C14H11FO2S. The number of aryl methyl sites for hydroxylation is 1. The first-order chi connectivity index (χ1) is 8.66. The van der Waals surface area contributed by atoms with Crippen molar-refractivity contribution in [3.8, 4) is 0 Å². The first-order valence-electron chi connectivity index (χ1n) is 5.57. The number of aliphatic hydroxyl groups is 1. The Morgan fingerprint density at radius 2 is 2.17 bits per heavy atom. The van der Waals surface area contributed by atoms with Gasteiger partial charge in [-0.25, -0.2) is 4.39 Å². The number of aliphatic hydroxyl groups excluding tert-OH is 1. The van der Waals surface area contributed by atoms with Crippen LogP contribution in [0.15, 0.2) is 40.1 Å². The highest BCUT2D eigenvalue weighted by atomic mass is 32.1. The average molecular weight is 262 g/mol. The summed E-state index contributed by atoms with van der Waals surface area (Å²) < 4.78 is 18.8. The monoisotopic (exact) mass is 262 g/mol. The first kappa shape index (κ1) is 11.4. The van der Waals surface area contributed by atoms with Crippen LogP contribution in [0.1, 0.15) is 22.3 Å². The van der Waals surface area contributed by atoms with Gasteiger partial charge in [0.25, 0.3) is 0 Å². The lowest BCUT2D eigenvalue weighted by atomic mass is 10.1. The van der Waals surface area contributed by atoms with Gasteiger partial charge in [-0.1, -0.05) is 6.07 Å². The maximum atomic E-state index is 13.2. The summed E-state index contributed by atoms with van der Waals surface area (Å²) in [4.78, 5) is 0.817. The van der Waals surface area contributed by atoms with E-state index in [9.17, 15) is 9.50 Å². The zero-order chi connectivity index (χ0) is 12.7. The van der Waals surface area contributed by atoms with Gasteiger partial charge in [-0.05, 0) is 36.6 Å². The molecule has 0 bridgehead atoms. The second kappa shape index (κ2) is 4.23. The van der Waals surface area contributed by atoms with Crippen LogP contribution in [0.4, 0.5) is 4.39 Å². The average Bonchev–Trinajstić information content (AvgIpc) is 2.98. The molecule has 0 aliphatic rings. The van der Waals surface area contributed by atoms with E-state index in [1.54, 1.807) is 6.07 Å². The minimum Gasteiger partial charge on any atom is -0.458 e. The van der Waals surface area contributed by atoms with E-state index in [0.29, 0.717) is 16.7 Å². The molecule has 1 atom stereocenters. The molecule has 3 rings (SSSR count). The quantitative estimate of drug-likeness (QED) is 0.756. The van der Waals surface area contributed by atoms with Crippen molar-refractivity contribution in [2.24, 2.45) is 0 Å². The second-order valence-corrected chi connectivity index (χ2v) is 5.13. The molecule has 2 aromatic heterocycles. The van der Waals surface area contributed by atoms with Gasteiger partial charge in [0.15, 0.2) is 0 Å². The molecule has 1 unspecified atom stereocenters. The SMILES string of the molecule is Cc1c(C(O)c2cccs2)oc2ccc(F)cc12. The number of furan rings is 1. The minimum absolute atomic E-state index is 0.302. The molecule has 0 aliphatic heterocycles. The van der Waals surface area contributed by atoms with Crippen molar-refractivity contribution >= 4 is 22.3 Å². The third-order valence-corrected chi connectivity index (χ3v) is 3.92. The van der Waals surface area contributed by atoms with Gasteiger partial charge in [0.2, 0.25) is 0 Å². The molecule has 0 saturated carbocycles. The second-order valence-electron chi connectivity index (χ2n) is 4.15. The van der Waals surface area contributed by atoms with Crippen LogP contribution >= 0.6 is 11.3 Å². The van der Waals surface area contributed by atoms with Gasteiger partial charge in [0.1, 0.15) is 23.3 Å². The highest BCUT2D eigenvalue weighted by Crippen LogP contribution is 2.34. The van der Waals surface area contributed by atoms with Crippen LogP contribution in [-0.2, 0) is 0 Å². The predicted octanol–water partition coefficient (Wildman–Crippen LogP) is 4.02. The lowest BCUT2D eigenvalue weighted by Gasteiger charge is -2.05. The third kappa shape index (κ3) is 1.74. The van der Waals surface area contributed by atoms with Crippen molar-refractivity contribution in [1.82, 2.24) is 0 Å². The van der Waals surface area contributed by atoms with Gasteiger partial charge < -0.3 is 9.52 Å². The third-order valence-electron chi connectivity index (χ3n) is 3.00. The lowest BCUT2D eigenvalue weighted by Crippen LogP contribution is -1.96. The van der Waals surface area contributed by atoms with Crippen LogP contribution in [0.2, 0.25) is 0 Å². The number of benzene rings is 1. The van der Waals surface area contributed by atoms with Crippen molar-refractivity contribution in [3.05, 3.63) is 57.7 Å². The zero-order valence-corrected chi connectivity index (χ0v) is 10.5. The Hall–Kier alpha value is -1.65. The van der Waals surface area contributed by atoms with Crippen molar-refractivity contribution in [3.63, 3.8) is 0 Å². The van der Waals surface area contributed by atoms with E-state index < -0.39 is 6.10 Å². The van der Waals surface area contributed by atoms with Crippen LogP contribution in [0.5, 0.6) is 0 Å². The standard InChI is InChI=1S/C14H11FO2S/c1-8-10-7-9(15)4-5-11(10)17-14(8)13(16)12-3-2-6-18-12/h2-7,13,16H,1H3. The van der Waals surface area contributed by atoms with Gasteiger partial charge in [0, 0.05) is 15.8 Å². The molecule has 0 spiro atoms. The van der Waals surface area contributed by atoms with E-state index in [-0.39, 0.29) is 5.82 Å². The van der Waals surface area contributed by atoms with Gasteiger partial charge in [-0.15, -0.1) is 11.3 Å². The maximum Gasteiger partial charge on any atom is 0.146 e. The van der Waals surface area contributed by atoms with E-state index in [2.05, 4.69) is 0 Å². The summed E-state index contributed by atoms with van der Waals surface area (Å²) in [7, 11) is 0. The Morgan fingerprint density at radius 3 is 2.89 bits per heavy atom. The van der Waals surface area contributed by atoms with Gasteiger partial charge in [0.05, 0.1) is 0 Å². The largest absolute Gasteiger partial charge is 0.458 e. The van der Waals surface area contributed by atoms with Gasteiger partial charge >= 0.3 is 0 Å². The normalized spacial score (nSPS) is 13.1. The zero-order valence-electron chi connectivity index (χ0n) is 9.68. The summed E-state index contributed by atoms with van der Waals surface area (Å²) >= 11 is 1.46. The molecule has 2 nitrogen and oxygen atoms in total. The lowest BCUT2D eigenvalue weighted by molar-refractivity contribution is 0.195. The summed E-state index contributed by atoms with van der Waals surface area (Å²) in [6.07, 6.45) is -0.791. The molecule has 3 aromatic rings. The van der Waals surface area contributed by atoms with Crippen molar-refractivity contribution in [1.29, 1.82) is 0 Å². The van der Waals surface area contributed by atoms with Crippen LogP contribution in [-0.4, -0.2) is 5.11 Å². The van der Waals surface area contributed by atoms with E-state index in [1.807, 2.05) is 24.4 Å². The topological polar surface area (TPSA) is 33.4 Å². The fourth-order valence-corrected chi connectivity index (χ4v) is 2.76. The predicted molar refractivity (Wildman–Crippen MR) is 69.3 cm³/mol. The Bertz CT molecular complexity index is 685. The minimum atomic E-state index is -0.791. The van der Waals surface area contributed by atoms with E-state index in [1.165, 1.54) is 23.5 Å². The first-order valence-corrected chi connectivity index (χ1v) is 6.45. The van der Waals surface area contributed by atoms with Crippen LogP contribution in [0, 0.1) is 12.7 Å². The number of hydrogen-bond acceptors (Lipinski definition) is 3. The summed E-state index contributed by atoms with van der Waals surface area (Å²) in [6, 6.07) is 8.09. The summed E-state index contributed by atoms with van der Waals surface area (Å²) in [5.74, 6) is 0.182. The Balaban J connectivity index is 2.15. The summed E-state index contributed by atoms with van der Waals surface area (Å²) in [5, 5.41) is 12.9. The number of rotatable bonds is 2. The van der Waals surface area contributed by atoms with E-state index >= 15 is 0 Å². The Labute approximate surface area is 107 Å². The molecule has 1 aromatic carbocycles. The van der Waals surface area contributed by atoms with Crippen LogP contribution in [0.3, 0.4) is 0 Å². The smallest absolute Gasteiger partial charge is 0.146 e. The molecule has 0 amide bonds. The molecule has 2 heterocycles. The molecule has 0 fully saturated rings. The molecular weight excluding hydrogens is 251 g/mol. The number of fused-ring (bicyclic) bond motifs is 1. The van der Waals surface area contributed by atoms with Crippen molar-refractivity contribution in [2.45, 2.75) is 13.0 Å². The fourth-order valence-electron chi connectivity index (χ4n) is 2.05. The molecule has 1 N–H and O–H groups in total. The van der Waals surface area contributed by atoms with Crippen molar-refractivity contribution < 1.29 is 13.9 Å². The number of thiophene rings is 1. The Morgan fingerprint density at radius 1 is 1.33 bits per heavy atom. The molecule has 0 radical (unpaired) electrons. The fraction of sp³-hybridized carbons (Fsp3) is 0.143. The highest BCUT2D eigenvalue weighted by Gasteiger charge is 2.20. The molecule has 18 heavy (non-hydrogen) atoms. The molecule has 0 aliphatic carbocycles. The van der Waals surface area contributed by atoms with E-state index in [4.69, 9.17) is 4.42 Å². The van der Waals surface area contributed by atoms with E-state index in [0.717, 1.165) is 10.4 Å². The summed E-state index contributed by atoms with van der Waals surface area (Å²) in [6.45, 7) is 1.83. The molecule has 0 saturated heterocycles.